The van der Waals surface area contributed by atoms with Gasteiger partial charge in [-0.3, -0.25) is 9.80 Å². The minimum Gasteiger partial charge on any atom is -0.444 e. The van der Waals surface area contributed by atoms with Crippen molar-refractivity contribution in [3.63, 3.8) is 0 Å². The first kappa shape index (κ1) is 57.2. The van der Waals surface area contributed by atoms with Crippen LogP contribution in [0.4, 0.5) is 9.59 Å². The van der Waals surface area contributed by atoms with Crippen LogP contribution in [0.15, 0.2) is 110 Å². The second-order valence-electron chi connectivity index (χ2n) is 25.7. The first-order chi connectivity index (χ1) is 41.5. The quantitative estimate of drug-likeness (QED) is 0.0888. The number of carbonyl (C=O) groups is 2. The van der Waals surface area contributed by atoms with Gasteiger partial charge in [-0.25, -0.2) is 29.5 Å². The fourth-order valence-corrected chi connectivity index (χ4v) is 15.1. The van der Waals surface area contributed by atoms with E-state index in [4.69, 9.17) is 19.4 Å². The molecule has 4 aromatic carbocycles. The van der Waals surface area contributed by atoms with Gasteiger partial charge in [-0.15, -0.1) is 22.7 Å². The molecule has 3 atom stereocenters. The molecule has 1 aliphatic carbocycles. The molecular formula is C69H77N11O4S2. The zero-order chi connectivity index (χ0) is 59.4. The average molecular weight is 1190 g/mol. The third kappa shape index (κ3) is 11.9. The number of benzene rings is 4. The number of amides is 2. The summed E-state index contributed by atoms with van der Waals surface area (Å²) in [6.07, 6.45) is 18.2. The molecule has 14 rings (SSSR count). The number of aromatic nitrogens is 8. The number of fused-ring (bicyclic) bond motifs is 2. The highest BCUT2D eigenvalue weighted by molar-refractivity contribution is 7.20. The molecule has 9 heterocycles. The molecule has 0 spiro atoms. The van der Waals surface area contributed by atoms with Gasteiger partial charge in [0.05, 0.1) is 65.7 Å². The van der Waals surface area contributed by atoms with Gasteiger partial charge in [0.1, 0.15) is 34.5 Å². The summed E-state index contributed by atoms with van der Waals surface area (Å²) in [4.78, 5) is 65.0. The van der Waals surface area contributed by atoms with Gasteiger partial charge in [0.15, 0.2) is 0 Å². The first-order valence-corrected chi connectivity index (χ1v) is 32.3. The Bertz CT molecular complexity index is 4060. The van der Waals surface area contributed by atoms with Crippen LogP contribution in [0.2, 0.25) is 0 Å². The van der Waals surface area contributed by atoms with Gasteiger partial charge in [0.2, 0.25) is 0 Å². The Kier molecular flexibility index (Phi) is 15.6. The SMILES string of the molecule is Cc1cc2c(-c3ccc(-c4cnc([C@@H]5CCCN5)[nH]4)cc3)ccc(-c3cnc(C4CCCC4)[nH]3)c2s1.Cc1cc2c(-c3ccc(-c4cnc([C@@H]5CCCN5C(=O)OC(C)(C)C)[nH]4)cc3)ccc(-c3cnc([C@@H]4CCCN4C(=O)OC(C)(C)C)[nH]3)c2s1. The third-order valence-electron chi connectivity index (χ3n) is 17.1. The topological polar surface area (TPSA) is 186 Å². The van der Waals surface area contributed by atoms with E-state index in [-0.39, 0.29) is 24.3 Å². The van der Waals surface area contributed by atoms with Crippen molar-refractivity contribution in [3.05, 3.63) is 143 Å². The Balaban J connectivity index is 0.000000168. The van der Waals surface area contributed by atoms with Gasteiger partial charge in [-0.2, -0.15) is 0 Å². The number of carbonyl (C=O) groups excluding carboxylic acids is 2. The van der Waals surface area contributed by atoms with Crippen LogP contribution >= 0.6 is 22.7 Å². The van der Waals surface area contributed by atoms with E-state index in [2.05, 4.69) is 134 Å². The second kappa shape index (κ2) is 23.4. The molecule has 0 bridgehead atoms. The third-order valence-corrected chi connectivity index (χ3v) is 19.3. The van der Waals surface area contributed by atoms with E-state index in [1.165, 1.54) is 84.3 Å². The van der Waals surface area contributed by atoms with E-state index in [0.29, 0.717) is 25.0 Å². The Morgan fingerprint density at radius 3 is 1.35 bits per heavy atom. The van der Waals surface area contributed by atoms with Crippen LogP contribution in [0.1, 0.15) is 163 Å². The molecule has 3 aliphatic heterocycles. The lowest BCUT2D eigenvalue weighted by Crippen LogP contribution is -2.36. The summed E-state index contributed by atoms with van der Waals surface area (Å²) in [7, 11) is 0. The highest BCUT2D eigenvalue weighted by atomic mass is 32.1. The lowest BCUT2D eigenvalue weighted by atomic mass is 9.97. The largest absolute Gasteiger partial charge is 0.444 e. The number of likely N-dealkylation sites (tertiary alicyclic amines) is 2. The predicted molar refractivity (Wildman–Crippen MR) is 345 cm³/mol. The Labute approximate surface area is 510 Å². The van der Waals surface area contributed by atoms with Gasteiger partial charge in [-0.1, -0.05) is 85.6 Å². The fourth-order valence-electron chi connectivity index (χ4n) is 13.0. The number of aryl methyl sites for hydroxylation is 2. The number of hydrogen-bond acceptors (Lipinski definition) is 11. The lowest BCUT2D eigenvalue weighted by Gasteiger charge is -2.27. The summed E-state index contributed by atoms with van der Waals surface area (Å²) in [6.45, 7) is 18.1. The predicted octanol–water partition coefficient (Wildman–Crippen LogP) is 17.5. The molecule has 2 amide bonds. The van der Waals surface area contributed by atoms with Crippen molar-refractivity contribution >= 4 is 55.0 Å². The monoisotopic (exact) mass is 1190 g/mol. The van der Waals surface area contributed by atoms with Crippen molar-refractivity contribution in [2.75, 3.05) is 19.6 Å². The van der Waals surface area contributed by atoms with Crippen molar-refractivity contribution in [1.82, 2.24) is 55.0 Å². The Hall–Kier alpha value is -7.86. The van der Waals surface area contributed by atoms with Crippen molar-refractivity contribution in [2.45, 2.75) is 155 Å². The van der Waals surface area contributed by atoms with E-state index in [1.807, 2.05) is 77.7 Å². The van der Waals surface area contributed by atoms with Crippen molar-refractivity contribution in [2.24, 2.45) is 0 Å². The smallest absolute Gasteiger partial charge is 0.410 e. The van der Waals surface area contributed by atoms with Gasteiger partial charge < -0.3 is 34.7 Å². The number of nitrogens with zero attached hydrogens (tertiary/aromatic N) is 6. The number of imidazole rings is 4. The second-order valence-corrected chi connectivity index (χ2v) is 28.2. The van der Waals surface area contributed by atoms with E-state index < -0.39 is 11.2 Å². The van der Waals surface area contributed by atoms with Crippen LogP contribution in [0, 0.1) is 13.8 Å². The maximum atomic E-state index is 12.9. The van der Waals surface area contributed by atoms with Crippen LogP contribution in [0.25, 0.3) is 87.5 Å². The number of H-pyrrole nitrogens is 4. The molecule has 10 aromatic rings. The highest BCUT2D eigenvalue weighted by Crippen LogP contribution is 2.44. The first-order valence-electron chi connectivity index (χ1n) is 30.7. The maximum Gasteiger partial charge on any atom is 0.410 e. The van der Waals surface area contributed by atoms with Crippen LogP contribution < -0.4 is 5.32 Å². The molecule has 6 aromatic heterocycles. The molecule has 15 nitrogen and oxygen atoms in total. The van der Waals surface area contributed by atoms with E-state index >= 15 is 0 Å². The summed E-state index contributed by atoms with van der Waals surface area (Å²) in [5, 5.41) is 6.03. The summed E-state index contributed by atoms with van der Waals surface area (Å²) in [6, 6.07) is 31.0. The Morgan fingerprint density at radius 2 is 0.884 bits per heavy atom. The molecule has 86 heavy (non-hydrogen) atoms. The highest BCUT2D eigenvalue weighted by Gasteiger charge is 2.37. The molecule has 444 valence electrons. The zero-order valence-electron chi connectivity index (χ0n) is 50.5. The molecule has 4 fully saturated rings. The maximum absolute atomic E-state index is 12.9. The molecule has 5 N–H and O–H groups in total. The normalized spacial score (nSPS) is 18.4. The summed E-state index contributed by atoms with van der Waals surface area (Å²) >= 11 is 3.64. The van der Waals surface area contributed by atoms with E-state index in [1.54, 1.807) is 21.1 Å². The number of rotatable bonds is 10. The van der Waals surface area contributed by atoms with Crippen molar-refractivity contribution in [1.29, 1.82) is 0 Å². The number of thiophene rings is 2. The van der Waals surface area contributed by atoms with Crippen LogP contribution in [0.5, 0.6) is 0 Å². The van der Waals surface area contributed by atoms with Crippen molar-refractivity contribution < 1.29 is 19.1 Å². The summed E-state index contributed by atoms with van der Waals surface area (Å²) < 4.78 is 13.9. The van der Waals surface area contributed by atoms with Gasteiger partial charge >= 0.3 is 12.2 Å². The minimum absolute atomic E-state index is 0.125. The molecule has 4 aliphatic rings. The molecule has 17 heteroatoms. The fraction of sp³-hybridized carbons (Fsp3) is 0.391. The summed E-state index contributed by atoms with van der Waals surface area (Å²) in [5.41, 5.74) is 12.3. The molecule has 3 saturated heterocycles. The standard InChI is InChI=1S/C39H46N6O4S.C30H31N5S/c1-23-20-28-26(16-17-27(33(28)50-23)30-22-41-35(43-30)32-11-9-19-45(32)37(47)49-39(5,6)7)24-12-14-25(15-13-24)29-21-40-34(42-29)31-10-8-18-44(31)36(46)48-38(2,3)4;1-18-15-24-22(12-13-23(28(24)36-18)27-17-32-29(35-27)21-5-2-3-6-21)19-8-10-20(11-9-19)26-16-33-30(34-26)25-7-4-14-31-25/h12-17,20-22,31-32H,8-11,18-19H2,1-7H3,(H,40,42)(H,41,43);8-13,15-17,21,25,31H,2-7,14H2,1H3,(H,32,35)(H,33,34)/t31-,32-;25-/m00/s1. The number of nitrogens with one attached hydrogen (secondary N) is 5. The zero-order valence-corrected chi connectivity index (χ0v) is 52.2. The van der Waals surface area contributed by atoms with E-state index in [0.717, 1.165) is 107 Å². The molecule has 0 unspecified atom stereocenters. The minimum atomic E-state index is -0.548. The number of ether oxygens (including phenoxy) is 2. The van der Waals surface area contributed by atoms with Gasteiger partial charge in [0, 0.05) is 60.1 Å². The number of aromatic amines is 4. The van der Waals surface area contributed by atoms with E-state index in [9.17, 15) is 9.59 Å². The molecular weight excluding hydrogens is 1110 g/mol. The van der Waals surface area contributed by atoms with Crippen LogP contribution in [-0.2, 0) is 9.47 Å². The van der Waals surface area contributed by atoms with Crippen LogP contribution in [-0.4, -0.2) is 92.7 Å². The van der Waals surface area contributed by atoms with Gasteiger partial charge in [-0.05, 0) is 159 Å². The summed E-state index contributed by atoms with van der Waals surface area (Å²) in [5.74, 6) is 4.38. The van der Waals surface area contributed by atoms with Gasteiger partial charge in [0.25, 0.3) is 0 Å². The lowest BCUT2D eigenvalue weighted by molar-refractivity contribution is 0.0208. The number of hydrogen-bond donors (Lipinski definition) is 5. The average Bonchev–Trinajstić information content (AvgIpc) is 4.15. The molecule has 1 saturated carbocycles. The Morgan fingerprint density at radius 1 is 0.477 bits per heavy atom. The molecule has 0 radical (unpaired) electrons. The van der Waals surface area contributed by atoms with Crippen LogP contribution in [0.3, 0.4) is 0 Å². The van der Waals surface area contributed by atoms with Crippen molar-refractivity contribution in [3.8, 4) is 67.3 Å².